The van der Waals surface area contributed by atoms with Crippen molar-refractivity contribution in [3.63, 3.8) is 0 Å². The van der Waals surface area contributed by atoms with Crippen LogP contribution in [0.1, 0.15) is 0 Å². The maximum Gasteiger partial charge on any atom is 0.165 e. The van der Waals surface area contributed by atoms with Gasteiger partial charge in [-0.2, -0.15) is 0 Å². The summed E-state index contributed by atoms with van der Waals surface area (Å²) in [6.45, 7) is 0.338. The van der Waals surface area contributed by atoms with Crippen molar-refractivity contribution in [1.29, 1.82) is 0 Å². The first-order chi connectivity index (χ1) is 6.31. The number of aldehydes is 1. The first-order valence-corrected chi connectivity index (χ1v) is 4.04. The largest absolute Gasteiger partial charge is 0.487 e. The molecule has 0 spiro atoms. The van der Waals surface area contributed by atoms with Gasteiger partial charge < -0.3 is 20.6 Å². The number of carbonyl (C=O) groups excluding carboxylic acids is 1. The molecule has 4 heteroatoms. The number of para-hydroxylation sites is 1. The molecule has 0 saturated heterocycles. The molecule has 1 aromatic carbocycles. The number of benzene rings is 1. The number of nitrogens with one attached hydrogen (secondary N) is 1. The second-order valence-electron chi connectivity index (χ2n) is 2.92. The zero-order valence-electron chi connectivity index (χ0n) is 6.99. The zero-order valence-corrected chi connectivity index (χ0v) is 6.99. The van der Waals surface area contributed by atoms with Crippen molar-refractivity contribution in [2.24, 2.45) is 0 Å². The van der Waals surface area contributed by atoms with Crippen molar-refractivity contribution in [3.05, 3.63) is 18.2 Å². The van der Waals surface area contributed by atoms with Crippen LogP contribution in [0.15, 0.2) is 18.2 Å². The van der Waals surface area contributed by atoms with E-state index < -0.39 is 0 Å². The Kier molecular flexibility index (Phi) is 1.81. The minimum atomic E-state index is -0.269. The number of hydrogen-bond acceptors (Lipinski definition) is 4. The Morgan fingerprint density at radius 1 is 1.62 bits per heavy atom. The molecule has 0 radical (unpaired) electrons. The molecular weight excluding hydrogens is 168 g/mol. The molecule has 2 rings (SSSR count). The number of rotatable bonds is 1. The van der Waals surface area contributed by atoms with Gasteiger partial charge in [-0.1, -0.05) is 6.07 Å². The van der Waals surface area contributed by atoms with Gasteiger partial charge in [0.1, 0.15) is 18.9 Å². The summed E-state index contributed by atoms with van der Waals surface area (Å²) < 4.78 is 5.34. The van der Waals surface area contributed by atoms with Gasteiger partial charge in [0.05, 0.1) is 11.4 Å². The van der Waals surface area contributed by atoms with E-state index in [4.69, 9.17) is 10.5 Å². The van der Waals surface area contributed by atoms with Crippen molar-refractivity contribution < 1.29 is 9.53 Å². The van der Waals surface area contributed by atoms with E-state index in [9.17, 15) is 4.79 Å². The summed E-state index contributed by atoms with van der Waals surface area (Å²) in [4.78, 5) is 10.5. The second kappa shape index (κ2) is 2.97. The topological polar surface area (TPSA) is 64.3 Å². The van der Waals surface area contributed by atoms with Gasteiger partial charge in [-0.05, 0) is 12.1 Å². The number of ether oxygens (including phenoxy) is 1. The van der Waals surface area contributed by atoms with E-state index in [2.05, 4.69) is 5.32 Å². The van der Waals surface area contributed by atoms with Gasteiger partial charge in [0.2, 0.25) is 0 Å². The smallest absolute Gasteiger partial charge is 0.165 e. The van der Waals surface area contributed by atoms with E-state index in [0.29, 0.717) is 18.0 Å². The monoisotopic (exact) mass is 178 g/mol. The van der Waals surface area contributed by atoms with E-state index in [1.54, 1.807) is 6.07 Å². The highest BCUT2D eigenvalue weighted by Crippen LogP contribution is 2.33. The van der Waals surface area contributed by atoms with Crippen molar-refractivity contribution in [2.75, 3.05) is 17.7 Å². The molecule has 0 aromatic heterocycles. The number of anilines is 2. The average Bonchev–Trinajstić information content (AvgIpc) is 2.18. The summed E-state index contributed by atoms with van der Waals surface area (Å²) >= 11 is 0. The molecule has 0 amide bonds. The first-order valence-electron chi connectivity index (χ1n) is 4.04. The van der Waals surface area contributed by atoms with Crippen LogP contribution in [0.25, 0.3) is 0 Å². The summed E-state index contributed by atoms with van der Waals surface area (Å²) in [5.41, 5.74) is 7.05. The lowest BCUT2D eigenvalue weighted by molar-refractivity contribution is -0.109. The molecule has 4 nitrogen and oxygen atoms in total. The van der Waals surface area contributed by atoms with Gasteiger partial charge in [-0.15, -0.1) is 0 Å². The van der Waals surface area contributed by atoms with Gasteiger partial charge in [0.15, 0.2) is 5.75 Å². The van der Waals surface area contributed by atoms with Crippen LogP contribution in [0.2, 0.25) is 0 Å². The molecule has 1 unspecified atom stereocenters. The van der Waals surface area contributed by atoms with Crippen LogP contribution in [-0.4, -0.2) is 18.9 Å². The molecule has 1 atom stereocenters. The summed E-state index contributed by atoms with van der Waals surface area (Å²) in [7, 11) is 0. The minimum absolute atomic E-state index is 0.269. The van der Waals surface area contributed by atoms with Crippen molar-refractivity contribution >= 4 is 17.7 Å². The number of carbonyl (C=O) groups is 1. The van der Waals surface area contributed by atoms with Crippen molar-refractivity contribution in [2.45, 2.75) is 6.04 Å². The van der Waals surface area contributed by atoms with Crippen LogP contribution < -0.4 is 15.8 Å². The molecule has 1 aromatic rings. The van der Waals surface area contributed by atoms with E-state index >= 15 is 0 Å². The lowest BCUT2D eigenvalue weighted by Gasteiger charge is -2.24. The van der Waals surface area contributed by atoms with Crippen LogP contribution in [0.4, 0.5) is 11.4 Å². The van der Waals surface area contributed by atoms with Gasteiger partial charge >= 0.3 is 0 Å². The SMILES string of the molecule is Nc1cccc2c1OCC(C=O)N2. The van der Waals surface area contributed by atoms with E-state index in [1.807, 2.05) is 12.1 Å². The van der Waals surface area contributed by atoms with Gasteiger partial charge in [0.25, 0.3) is 0 Å². The Bertz CT molecular complexity index is 338. The summed E-state index contributed by atoms with van der Waals surface area (Å²) in [5, 5.41) is 3.01. The van der Waals surface area contributed by atoms with Crippen LogP contribution in [0.5, 0.6) is 5.75 Å². The first kappa shape index (κ1) is 7.91. The Hall–Kier alpha value is -1.71. The van der Waals surface area contributed by atoms with Crippen molar-refractivity contribution in [3.8, 4) is 5.75 Å². The molecule has 1 aliphatic heterocycles. The molecule has 0 fully saturated rings. The zero-order chi connectivity index (χ0) is 9.26. The van der Waals surface area contributed by atoms with Crippen LogP contribution >= 0.6 is 0 Å². The molecule has 3 N–H and O–H groups in total. The number of nitrogen functional groups attached to an aromatic ring is 1. The normalized spacial score (nSPS) is 19.5. The molecule has 1 aliphatic rings. The average molecular weight is 178 g/mol. The molecule has 0 aliphatic carbocycles. The Morgan fingerprint density at radius 3 is 3.23 bits per heavy atom. The lowest BCUT2D eigenvalue weighted by atomic mass is 10.2. The lowest BCUT2D eigenvalue weighted by Crippen LogP contribution is -2.32. The van der Waals surface area contributed by atoms with Crippen LogP contribution in [0, 0.1) is 0 Å². The Labute approximate surface area is 75.7 Å². The third-order valence-electron chi connectivity index (χ3n) is 1.96. The van der Waals surface area contributed by atoms with Crippen molar-refractivity contribution in [1.82, 2.24) is 0 Å². The summed E-state index contributed by atoms with van der Waals surface area (Å²) in [6.07, 6.45) is 0.826. The maximum atomic E-state index is 10.5. The van der Waals surface area contributed by atoms with E-state index in [1.165, 1.54) is 0 Å². The third kappa shape index (κ3) is 1.30. The molecule has 13 heavy (non-hydrogen) atoms. The number of nitrogens with two attached hydrogens (primary N) is 1. The van der Waals surface area contributed by atoms with E-state index in [0.717, 1.165) is 12.0 Å². The standard InChI is InChI=1S/C9H10N2O2/c10-7-2-1-3-8-9(7)13-5-6(4-12)11-8/h1-4,6,11H,5,10H2. The predicted molar refractivity (Wildman–Crippen MR) is 49.8 cm³/mol. The Morgan fingerprint density at radius 2 is 2.46 bits per heavy atom. The Balaban J connectivity index is 2.36. The van der Waals surface area contributed by atoms with Crippen LogP contribution in [0.3, 0.4) is 0 Å². The predicted octanol–water partition coefficient (Wildman–Crippen LogP) is 0.641. The highest BCUT2D eigenvalue weighted by atomic mass is 16.5. The fourth-order valence-corrected chi connectivity index (χ4v) is 1.32. The quantitative estimate of drug-likeness (QED) is 0.489. The minimum Gasteiger partial charge on any atom is -0.487 e. The summed E-state index contributed by atoms with van der Waals surface area (Å²) in [6, 6.07) is 5.15. The highest BCUT2D eigenvalue weighted by molar-refractivity contribution is 5.75. The molecule has 0 saturated carbocycles. The molecule has 1 heterocycles. The third-order valence-corrected chi connectivity index (χ3v) is 1.96. The van der Waals surface area contributed by atoms with E-state index in [-0.39, 0.29) is 6.04 Å². The fraction of sp³-hybridized carbons (Fsp3) is 0.222. The van der Waals surface area contributed by atoms with Gasteiger partial charge in [-0.3, -0.25) is 0 Å². The molecule has 0 bridgehead atoms. The highest BCUT2D eigenvalue weighted by Gasteiger charge is 2.19. The molecule has 68 valence electrons. The molecular formula is C9H10N2O2. The van der Waals surface area contributed by atoms with Gasteiger partial charge in [-0.25, -0.2) is 0 Å². The maximum absolute atomic E-state index is 10.5. The number of hydrogen-bond donors (Lipinski definition) is 2. The fourth-order valence-electron chi connectivity index (χ4n) is 1.32. The summed E-state index contributed by atoms with van der Waals surface area (Å²) in [5.74, 6) is 0.639. The van der Waals surface area contributed by atoms with Gasteiger partial charge in [0, 0.05) is 0 Å². The van der Waals surface area contributed by atoms with Crippen LogP contribution in [-0.2, 0) is 4.79 Å². The second-order valence-corrected chi connectivity index (χ2v) is 2.92. The number of fused-ring (bicyclic) bond motifs is 1.